The van der Waals surface area contributed by atoms with E-state index in [2.05, 4.69) is 0 Å². The largest absolute Gasteiger partial charge is 0.463 e. The first kappa shape index (κ1) is 17.0. The summed E-state index contributed by atoms with van der Waals surface area (Å²) in [5.74, 6) is -1.04. The van der Waals surface area contributed by atoms with Gasteiger partial charge in [-0.15, -0.1) is 0 Å². The lowest BCUT2D eigenvalue weighted by Crippen LogP contribution is -2.38. The van der Waals surface area contributed by atoms with E-state index in [0.717, 1.165) is 5.56 Å². The fraction of sp³-hybridized carbons (Fsp3) is 0.353. The molecule has 1 amide bonds. The zero-order valence-corrected chi connectivity index (χ0v) is 13.8. The number of hydrogen-bond donors (Lipinski definition) is 0. The Kier molecular flexibility index (Phi) is 5.41. The van der Waals surface area contributed by atoms with Gasteiger partial charge in [0.15, 0.2) is 0 Å². The molecule has 0 spiro atoms. The number of hydrogen-bond acceptors (Lipinski definition) is 4. The number of carbonyl (C=O) groups excluding carboxylic acids is 2. The molecular weight excluding hydrogens is 316 g/mol. The lowest BCUT2D eigenvalue weighted by atomic mass is 9.84. The molecular formula is C17H17ClN2O3. The summed E-state index contributed by atoms with van der Waals surface area (Å²) in [7, 11) is 0. The second-order valence-corrected chi connectivity index (χ2v) is 5.60. The number of rotatable bonds is 4. The van der Waals surface area contributed by atoms with Crippen molar-refractivity contribution >= 4 is 23.5 Å². The highest BCUT2D eigenvalue weighted by molar-refractivity contribution is 6.30. The van der Waals surface area contributed by atoms with Crippen LogP contribution >= 0.6 is 11.6 Å². The SMILES string of the molecule is CCOC(=O)C1=C(C)N(CC#N)C(=O)C[C@@H]1c1ccc(Cl)cc1. The van der Waals surface area contributed by atoms with Gasteiger partial charge in [0.1, 0.15) is 6.54 Å². The number of esters is 1. The van der Waals surface area contributed by atoms with Crippen molar-refractivity contribution in [1.29, 1.82) is 5.26 Å². The minimum atomic E-state index is -0.458. The topological polar surface area (TPSA) is 70.4 Å². The van der Waals surface area contributed by atoms with Crippen LogP contribution in [-0.2, 0) is 14.3 Å². The predicted octanol–water partition coefficient (Wildman–Crippen LogP) is 3.02. The summed E-state index contributed by atoms with van der Waals surface area (Å²) < 4.78 is 5.15. The average molecular weight is 333 g/mol. The first-order valence-electron chi connectivity index (χ1n) is 7.30. The molecule has 1 aromatic rings. The van der Waals surface area contributed by atoms with Crippen LogP contribution in [-0.4, -0.2) is 29.9 Å². The Morgan fingerprint density at radius 3 is 2.65 bits per heavy atom. The minimum Gasteiger partial charge on any atom is -0.463 e. The Morgan fingerprint density at radius 2 is 2.09 bits per heavy atom. The molecule has 1 aliphatic heterocycles. The van der Waals surface area contributed by atoms with Crippen molar-refractivity contribution in [3.05, 3.63) is 46.1 Å². The summed E-state index contributed by atoms with van der Waals surface area (Å²) in [4.78, 5) is 26.1. The summed E-state index contributed by atoms with van der Waals surface area (Å²) in [5.41, 5.74) is 1.71. The Balaban J connectivity index is 2.51. The first-order valence-corrected chi connectivity index (χ1v) is 7.68. The molecule has 0 bridgehead atoms. The molecule has 0 fully saturated rings. The molecule has 5 nitrogen and oxygen atoms in total. The number of nitriles is 1. The zero-order chi connectivity index (χ0) is 17.0. The molecule has 23 heavy (non-hydrogen) atoms. The van der Waals surface area contributed by atoms with Gasteiger partial charge in [0.05, 0.1) is 18.2 Å². The predicted molar refractivity (Wildman–Crippen MR) is 85.5 cm³/mol. The molecule has 6 heteroatoms. The van der Waals surface area contributed by atoms with Crippen LogP contribution in [0.15, 0.2) is 35.5 Å². The van der Waals surface area contributed by atoms with E-state index < -0.39 is 11.9 Å². The third-order valence-electron chi connectivity index (χ3n) is 3.82. The maximum Gasteiger partial charge on any atom is 0.336 e. The smallest absolute Gasteiger partial charge is 0.336 e. The normalized spacial score (nSPS) is 17.9. The van der Waals surface area contributed by atoms with Crippen molar-refractivity contribution in [3.8, 4) is 6.07 Å². The van der Waals surface area contributed by atoms with Gasteiger partial charge in [-0.2, -0.15) is 5.26 Å². The second kappa shape index (κ2) is 7.30. The number of amides is 1. The van der Waals surface area contributed by atoms with E-state index in [1.165, 1.54) is 4.90 Å². The van der Waals surface area contributed by atoms with Crippen molar-refractivity contribution in [2.24, 2.45) is 0 Å². The molecule has 0 saturated carbocycles. The second-order valence-electron chi connectivity index (χ2n) is 5.17. The highest BCUT2D eigenvalue weighted by Gasteiger charge is 2.36. The van der Waals surface area contributed by atoms with Gasteiger partial charge in [0, 0.05) is 23.1 Å². The van der Waals surface area contributed by atoms with Crippen molar-refractivity contribution < 1.29 is 14.3 Å². The molecule has 1 aromatic carbocycles. The van der Waals surface area contributed by atoms with Crippen molar-refractivity contribution in [1.82, 2.24) is 4.90 Å². The number of carbonyl (C=O) groups is 2. The van der Waals surface area contributed by atoms with Gasteiger partial charge in [-0.3, -0.25) is 4.79 Å². The van der Waals surface area contributed by atoms with Gasteiger partial charge in [0.2, 0.25) is 5.91 Å². The Hall–Kier alpha value is -2.32. The molecule has 0 aromatic heterocycles. The van der Waals surface area contributed by atoms with E-state index in [9.17, 15) is 9.59 Å². The third-order valence-corrected chi connectivity index (χ3v) is 4.07. The van der Waals surface area contributed by atoms with Crippen LogP contribution in [0.5, 0.6) is 0 Å². The van der Waals surface area contributed by atoms with Gasteiger partial charge >= 0.3 is 5.97 Å². The highest BCUT2D eigenvalue weighted by atomic mass is 35.5. The number of nitrogens with zero attached hydrogens (tertiary/aromatic N) is 2. The average Bonchev–Trinajstić information content (AvgIpc) is 2.51. The highest BCUT2D eigenvalue weighted by Crippen LogP contribution is 2.37. The maximum absolute atomic E-state index is 12.4. The van der Waals surface area contributed by atoms with E-state index in [0.29, 0.717) is 16.3 Å². The van der Waals surface area contributed by atoms with Gasteiger partial charge in [-0.05, 0) is 31.5 Å². The molecule has 0 N–H and O–H groups in total. The van der Waals surface area contributed by atoms with E-state index >= 15 is 0 Å². The molecule has 0 radical (unpaired) electrons. The van der Waals surface area contributed by atoms with E-state index in [4.69, 9.17) is 21.6 Å². The molecule has 1 heterocycles. The molecule has 0 saturated heterocycles. The summed E-state index contributed by atoms with van der Waals surface area (Å²) in [5, 5.41) is 9.48. The first-order chi connectivity index (χ1) is 11.0. The molecule has 0 aliphatic carbocycles. The number of halogens is 1. The van der Waals surface area contributed by atoms with Crippen LogP contribution in [0, 0.1) is 11.3 Å². The molecule has 2 rings (SSSR count). The van der Waals surface area contributed by atoms with Crippen LogP contribution < -0.4 is 0 Å². The van der Waals surface area contributed by atoms with E-state index in [1.54, 1.807) is 38.1 Å². The van der Waals surface area contributed by atoms with Gasteiger partial charge in [0.25, 0.3) is 0 Å². The van der Waals surface area contributed by atoms with Crippen LogP contribution in [0.2, 0.25) is 5.02 Å². The molecule has 1 atom stereocenters. The van der Waals surface area contributed by atoms with Crippen molar-refractivity contribution in [3.63, 3.8) is 0 Å². The maximum atomic E-state index is 12.4. The van der Waals surface area contributed by atoms with Gasteiger partial charge < -0.3 is 9.64 Å². The van der Waals surface area contributed by atoms with Crippen molar-refractivity contribution in [2.75, 3.05) is 13.2 Å². The molecule has 120 valence electrons. The minimum absolute atomic E-state index is 0.0824. The quantitative estimate of drug-likeness (QED) is 0.627. The Labute approximate surface area is 140 Å². The lowest BCUT2D eigenvalue weighted by Gasteiger charge is -2.33. The monoisotopic (exact) mass is 332 g/mol. The number of ether oxygens (including phenoxy) is 1. The van der Waals surface area contributed by atoms with Crippen LogP contribution in [0.3, 0.4) is 0 Å². The number of benzene rings is 1. The van der Waals surface area contributed by atoms with Crippen LogP contribution in [0.4, 0.5) is 0 Å². The van der Waals surface area contributed by atoms with Gasteiger partial charge in [-0.1, -0.05) is 23.7 Å². The van der Waals surface area contributed by atoms with Crippen molar-refractivity contribution in [2.45, 2.75) is 26.2 Å². The standard InChI is InChI=1S/C17H17ClN2O3/c1-3-23-17(22)16-11(2)20(9-8-19)15(21)10-14(16)12-4-6-13(18)7-5-12/h4-7,14H,3,9-10H2,1-2H3/t14-/m1/s1. The zero-order valence-electron chi connectivity index (χ0n) is 13.0. The summed E-state index contributed by atoms with van der Waals surface area (Å²) in [6, 6.07) is 9.00. The number of allylic oxidation sites excluding steroid dienone is 1. The Bertz CT molecular complexity index is 689. The fourth-order valence-electron chi connectivity index (χ4n) is 2.73. The van der Waals surface area contributed by atoms with E-state index in [1.807, 2.05) is 6.07 Å². The summed E-state index contributed by atoms with van der Waals surface area (Å²) >= 11 is 5.91. The van der Waals surface area contributed by atoms with Crippen LogP contribution in [0.1, 0.15) is 31.7 Å². The molecule has 1 aliphatic rings. The molecule has 0 unspecified atom stereocenters. The van der Waals surface area contributed by atoms with Crippen LogP contribution in [0.25, 0.3) is 0 Å². The third kappa shape index (κ3) is 3.54. The van der Waals surface area contributed by atoms with E-state index in [-0.39, 0.29) is 25.5 Å². The fourth-order valence-corrected chi connectivity index (χ4v) is 2.85. The Morgan fingerprint density at radius 1 is 1.43 bits per heavy atom. The van der Waals surface area contributed by atoms with Gasteiger partial charge in [-0.25, -0.2) is 4.79 Å². The summed E-state index contributed by atoms with van der Waals surface area (Å²) in [6.07, 6.45) is 0.120. The summed E-state index contributed by atoms with van der Waals surface area (Å²) in [6.45, 7) is 3.56. The lowest BCUT2D eigenvalue weighted by molar-refractivity contribution is -0.139.